The van der Waals surface area contributed by atoms with Crippen molar-refractivity contribution >= 4 is 17.6 Å². The van der Waals surface area contributed by atoms with E-state index in [1.165, 1.54) is 18.2 Å². The highest BCUT2D eigenvalue weighted by molar-refractivity contribution is 5.73. The maximum Gasteiger partial charge on any atom is 0.410 e. The Labute approximate surface area is 240 Å². The van der Waals surface area contributed by atoms with Gasteiger partial charge in [-0.25, -0.2) is 18.6 Å². The Hall–Kier alpha value is -3.79. The number of benzene rings is 1. The number of carbonyl (C=O) groups excluding carboxylic acids is 1. The van der Waals surface area contributed by atoms with Crippen LogP contribution in [0.3, 0.4) is 0 Å². The second kappa shape index (κ2) is 12.0. The molecule has 0 radical (unpaired) electrons. The van der Waals surface area contributed by atoms with Crippen LogP contribution in [0.1, 0.15) is 64.3 Å². The number of aryl methyl sites for hydroxylation is 1. The molecule has 1 amide bonds. The number of nitrogens with zero attached hydrogens (tertiary/aromatic N) is 4. The fraction of sp³-hybridized carbons (Fsp3) is 0.452. The monoisotopic (exact) mass is 567 g/mol. The summed E-state index contributed by atoms with van der Waals surface area (Å²) in [7, 11) is 0. The van der Waals surface area contributed by atoms with Gasteiger partial charge in [-0.1, -0.05) is 19.9 Å². The van der Waals surface area contributed by atoms with Crippen molar-refractivity contribution in [2.24, 2.45) is 0 Å². The summed E-state index contributed by atoms with van der Waals surface area (Å²) in [5, 5.41) is 13.8. The molecule has 1 aliphatic heterocycles. The van der Waals surface area contributed by atoms with Crippen molar-refractivity contribution in [1.82, 2.24) is 19.8 Å². The Balaban J connectivity index is 1.71. The van der Waals surface area contributed by atoms with Gasteiger partial charge in [0.05, 0.1) is 16.9 Å². The summed E-state index contributed by atoms with van der Waals surface area (Å²) in [5.74, 6) is -1.50. The van der Waals surface area contributed by atoms with E-state index in [-0.39, 0.29) is 29.3 Å². The van der Waals surface area contributed by atoms with Gasteiger partial charge >= 0.3 is 6.09 Å². The average Bonchev–Trinajstić information content (AvgIpc) is 2.87. The normalized spacial score (nSPS) is 16.2. The highest BCUT2D eigenvalue weighted by Gasteiger charge is 2.31. The van der Waals surface area contributed by atoms with Gasteiger partial charge in [-0.3, -0.25) is 9.88 Å². The number of phenolic OH excluding ortho intramolecular Hbond substituents is 1. The van der Waals surface area contributed by atoms with E-state index in [0.717, 1.165) is 23.0 Å². The number of aromatic nitrogens is 2. The quantitative estimate of drug-likeness (QED) is 0.341. The van der Waals surface area contributed by atoms with Crippen molar-refractivity contribution in [2.75, 3.05) is 25.0 Å². The molecule has 2 N–H and O–H groups in total. The van der Waals surface area contributed by atoms with Crippen molar-refractivity contribution in [1.29, 1.82) is 0 Å². The fourth-order valence-electron chi connectivity index (χ4n) is 4.92. The zero-order valence-corrected chi connectivity index (χ0v) is 24.8. The third-order valence-electron chi connectivity index (χ3n) is 7.05. The first-order chi connectivity index (χ1) is 19.2. The molecule has 0 bridgehead atoms. The molecule has 1 atom stereocenters. The number of hydrogen-bond acceptors (Lipinski definition) is 7. The number of halogens is 2. The van der Waals surface area contributed by atoms with Gasteiger partial charge in [-0.05, 0) is 70.4 Å². The van der Waals surface area contributed by atoms with Gasteiger partial charge in [0, 0.05) is 44.0 Å². The molecule has 0 saturated carbocycles. The maximum atomic E-state index is 15.6. The lowest BCUT2D eigenvalue weighted by Gasteiger charge is -2.40. The first-order valence-electron chi connectivity index (χ1n) is 13.9. The molecule has 1 saturated heterocycles. The minimum absolute atomic E-state index is 0.0474. The number of anilines is 2. The molecule has 3 aromatic rings. The van der Waals surface area contributed by atoms with Crippen LogP contribution < -0.4 is 5.32 Å². The largest absolute Gasteiger partial charge is 0.507 e. The van der Waals surface area contributed by atoms with Crippen LogP contribution in [0.5, 0.6) is 5.75 Å². The summed E-state index contributed by atoms with van der Waals surface area (Å²) >= 11 is 0. The second-order valence-corrected chi connectivity index (χ2v) is 11.9. The molecule has 10 heteroatoms. The molecule has 1 aromatic carbocycles. The summed E-state index contributed by atoms with van der Waals surface area (Å²) in [6.45, 7) is 15.3. The summed E-state index contributed by atoms with van der Waals surface area (Å²) in [6, 6.07) is 6.98. The topological polar surface area (TPSA) is 90.8 Å². The Morgan fingerprint density at radius 1 is 1.20 bits per heavy atom. The van der Waals surface area contributed by atoms with Crippen molar-refractivity contribution < 1.29 is 23.4 Å². The number of amides is 1. The van der Waals surface area contributed by atoms with E-state index in [1.54, 1.807) is 11.1 Å². The van der Waals surface area contributed by atoms with E-state index in [2.05, 4.69) is 20.2 Å². The zero-order chi connectivity index (χ0) is 30.1. The maximum absolute atomic E-state index is 15.6. The lowest BCUT2D eigenvalue weighted by atomic mass is 10.0. The van der Waals surface area contributed by atoms with E-state index in [9.17, 15) is 14.3 Å². The molecular weight excluding hydrogens is 528 g/mol. The lowest BCUT2D eigenvalue weighted by molar-refractivity contribution is 0.00461. The molecule has 8 nitrogen and oxygen atoms in total. The highest BCUT2D eigenvalue weighted by atomic mass is 19.1. The van der Waals surface area contributed by atoms with Gasteiger partial charge in [0.1, 0.15) is 34.5 Å². The summed E-state index contributed by atoms with van der Waals surface area (Å²) < 4.78 is 35.9. The van der Waals surface area contributed by atoms with Crippen LogP contribution in [0.4, 0.5) is 25.1 Å². The summed E-state index contributed by atoms with van der Waals surface area (Å²) in [5.41, 5.74) is 1.86. The van der Waals surface area contributed by atoms with Crippen LogP contribution in [0, 0.1) is 18.6 Å². The number of nitrogens with one attached hydrogen (secondary N) is 1. The number of carbonyl (C=O) groups is 1. The third-order valence-corrected chi connectivity index (χ3v) is 7.05. The Morgan fingerprint density at radius 2 is 1.93 bits per heavy atom. The highest BCUT2D eigenvalue weighted by Crippen LogP contribution is 2.36. The minimum Gasteiger partial charge on any atom is -0.507 e. The van der Waals surface area contributed by atoms with E-state index in [0.29, 0.717) is 37.6 Å². The minimum atomic E-state index is -0.776. The second-order valence-electron chi connectivity index (χ2n) is 11.9. The Kier molecular flexibility index (Phi) is 8.82. The zero-order valence-electron chi connectivity index (χ0n) is 24.8. The molecule has 4 rings (SSSR count). The van der Waals surface area contributed by atoms with E-state index in [4.69, 9.17) is 4.74 Å². The number of aromatic hydroxyl groups is 1. The standard InChI is InChI=1S/C31H39F2N5O3/c1-18(2)26-27(19(3)11-12-34-26)35-29-21(15-23(33)28(36-29)25-22(32)9-8-10-24(25)39)17-37-13-14-38(16-20(37)4)30(40)41-31(5,6)7/h8-12,15,18,20,39H,13-14,16-17H2,1-7H3,(H,35,36)/t20-/m0/s1. The van der Waals surface area contributed by atoms with Crippen molar-refractivity contribution in [2.45, 2.75) is 72.6 Å². The molecule has 0 aliphatic carbocycles. The number of piperazine rings is 1. The summed E-state index contributed by atoms with van der Waals surface area (Å²) in [6.07, 6.45) is 1.38. The molecule has 2 aromatic heterocycles. The van der Waals surface area contributed by atoms with Gasteiger partial charge in [0.25, 0.3) is 0 Å². The molecule has 0 unspecified atom stereocenters. The molecule has 41 heavy (non-hydrogen) atoms. The predicted molar refractivity (Wildman–Crippen MR) is 155 cm³/mol. The van der Waals surface area contributed by atoms with Crippen molar-refractivity contribution in [3.63, 3.8) is 0 Å². The smallest absolute Gasteiger partial charge is 0.410 e. The Bertz CT molecular complexity index is 1400. The molecule has 220 valence electrons. The van der Waals surface area contributed by atoms with E-state index in [1.807, 2.05) is 54.5 Å². The van der Waals surface area contributed by atoms with Crippen molar-refractivity contribution in [3.05, 3.63) is 65.0 Å². The van der Waals surface area contributed by atoms with Gasteiger partial charge in [-0.15, -0.1) is 0 Å². The summed E-state index contributed by atoms with van der Waals surface area (Å²) in [4.78, 5) is 25.5. The Morgan fingerprint density at radius 3 is 2.56 bits per heavy atom. The van der Waals surface area contributed by atoms with Crippen LogP contribution in [0.2, 0.25) is 0 Å². The molecule has 1 aliphatic rings. The van der Waals surface area contributed by atoms with Crippen LogP contribution in [-0.2, 0) is 11.3 Å². The van der Waals surface area contributed by atoms with Crippen LogP contribution in [0.25, 0.3) is 11.3 Å². The SMILES string of the molecule is Cc1ccnc(C(C)C)c1Nc1nc(-c2c(O)cccc2F)c(F)cc1CN1CCN(C(=O)OC(C)(C)C)C[C@@H]1C. The van der Waals surface area contributed by atoms with Gasteiger partial charge in [0.15, 0.2) is 0 Å². The number of hydrogen-bond donors (Lipinski definition) is 2. The number of rotatable bonds is 6. The number of ether oxygens (including phenoxy) is 1. The first kappa shape index (κ1) is 30.2. The van der Waals surface area contributed by atoms with E-state index >= 15 is 4.39 Å². The van der Waals surface area contributed by atoms with Gasteiger partial charge in [0.2, 0.25) is 0 Å². The van der Waals surface area contributed by atoms with Crippen LogP contribution in [-0.4, -0.2) is 62.2 Å². The van der Waals surface area contributed by atoms with Gasteiger partial charge in [-0.2, -0.15) is 0 Å². The first-order valence-corrected chi connectivity index (χ1v) is 13.9. The fourth-order valence-corrected chi connectivity index (χ4v) is 4.92. The average molecular weight is 568 g/mol. The molecule has 1 fully saturated rings. The number of phenols is 1. The molecule has 0 spiro atoms. The predicted octanol–water partition coefficient (Wildman–Crippen LogP) is 6.74. The van der Waals surface area contributed by atoms with Gasteiger partial charge < -0.3 is 20.1 Å². The molecular formula is C31H39F2N5O3. The van der Waals surface area contributed by atoms with E-state index < -0.39 is 23.0 Å². The van der Waals surface area contributed by atoms with Crippen molar-refractivity contribution in [3.8, 4) is 17.0 Å². The number of pyridine rings is 2. The molecule has 3 heterocycles. The lowest BCUT2D eigenvalue weighted by Crippen LogP contribution is -2.54. The van der Waals surface area contributed by atoms with Crippen LogP contribution in [0.15, 0.2) is 36.5 Å². The third kappa shape index (κ3) is 6.93. The van der Waals surface area contributed by atoms with Crippen LogP contribution >= 0.6 is 0 Å².